The van der Waals surface area contributed by atoms with E-state index in [0.717, 1.165) is 31.5 Å². The minimum absolute atomic E-state index is 0.00903. The molecule has 2 aliphatic rings. The van der Waals surface area contributed by atoms with Gasteiger partial charge in [0.05, 0.1) is 12.7 Å². The Hall–Kier alpha value is -0.850. The van der Waals surface area contributed by atoms with Crippen molar-refractivity contribution in [3.8, 4) is 0 Å². The highest BCUT2D eigenvalue weighted by Gasteiger charge is 2.40. The van der Waals surface area contributed by atoms with Gasteiger partial charge in [-0.3, -0.25) is 0 Å². The fraction of sp³-hybridized carbons (Fsp3) is 0.692. The zero-order chi connectivity index (χ0) is 14.1. The molecule has 1 N–H and O–H groups in total. The second-order valence-corrected chi connectivity index (χ2v) is 5.61. The molecule has 2 atom stereocenters. The zero-order valence-corrected chi connectivity index (χ0v) is 11.6. The molecule has 7 heteroatoms. The quantitative estimate of drug-likeness (QED) is 0.868. The van der Waals surface area contributed by atoms with Crippen molar-refractivity contribution >= 4 is 11.6 Å². The van der Waals surface area contributed by atoms with E-state index in [-0.39, 0.29) is 17.2 Å². The number of nitrogens with one attached hydrogen (secondary N) is 1. The highest BCUT2D eigenvalue weighted by atomic mass is 35.5. The molecule has 1 aromatic rings. The van der Waals surface area contributed by atoms with E-state index in [9.17, 15) is 8.78 Å². The third-order valence-corrected chi connectivity index (χ3v) is 4.13. The number of rotatable bonds is 4. The van der Waals surface area contributed by atoms with Crippen molar-refractivity contribution < 1.29 is 13.5 Å². The van der Waals surface area contributed by atoms with Gasteiger partial charge in [-0.05, 0) is 18.8 Å². The normalized spacial score (nSPS) is 24.9. The minimum Gasteiger partial charge on any atom is -0.375 e. The van der Waals surface area contributed by atoms with Gasteiger partial charge in [-0.15, -0.1) is 0 Å². The molecule has 0 bridgehead atoms. The smallest absolute Gasteiger partial charge is 0.297 e. The lowest BCUT2D eigenvalue weighted by Crippen LogP contribution is -2.42. The molecule has 2 heterocycles. The maximum atomic E-state index is 12.6. The van der Waals surface area contributed by atoms with E-state index in [1.54, 1.807) is 0 Å². The summed E-state index contributed by atoms with van der Waals surface area (Å²) >= 11 is 6.10. The van der Waals surface area contributed by atoms with Crippen LogP contribution < -0.4 is 5.32 Å². The SMILES string of the molecule is FC(F)c1ncc(C(C2CC2)C2CNCCO2)c(Cl)n1. The first-order valence-corrected chi connectivity index (χ1v) is 7.17. The van der Waals surface area contributed by atoms with Gasteiger partial charge in [0.15, 0.2) is 5.82 Å². The molecule has 110 valence electrons. The van der Waals surface area contributed by atoms with Gasteiger partial charge in [0.25, 0.3) is 6.43 Å². The maximum absolute atomic E-state index is 12.6. The Kier molecular flexibility index (Phi) is 4.14. The predicted molar refractivity (Wildman–Crippen MR) is 70.1 cm³/mol. The number of hydrogen-bond acceptors (Lipinski definition) is 4. The van der Waals surface area contributed by atoms with Crippen LogP contribution in [0.3, 0.4) is 0 Å². The summed E-state index contributed by atoms with van der Waals surface area (Å²) in [5.41, 5.74) is 0.729. The number of alkyl halides is 2. The number of nitrogens with zero attached hydrogens (tertiary/aromatic N) is 2. The molecule has 2 unspecified atom stereocenters. The van der Waals surface area contributed by atoms with Crippen LogP contribution in [0.5, 0.6) is 0 Å². The number of hydrogen-bond donors (Lipinski definition) is 1. The molecule has 0 amide bonds. The van der Waals surface area contributed by atoms with Crippen molar-refractivity contribution in [1.82, 2.24) is 15.3 Å². The van der Waals surface area contributed by atoms with Crippen molar-refractivity contribution in [2.75, 3.05) is 19.7 Å². The van der Waals surface area contributed by atoms with Crippen LogP contribution in [0, 0.1) is 5.92 Å². The average Bonchev–Trinajstić information content (AvgIpc) is 3.26. The first-order valence-electron chi connectivity index (χ1n) is 6.79. The standard InChI is InChI=1S/C13H16ClF2N3O/c14-11-8(5-18-13(19-11)12(15)16)10(7-1-2-7)9-6-17-3-4-20-9/h5,7,9-10,12,17H,1-4,6H2. The molecule has 1 aliphatic heterocycles. The van der Waals surface area contributed by atoms with E-state index in [1.807, 2.05) is 0 Å². The van der Waals surface area contributed by atoms with Crippen LogP contribution in [0.2, 0.25) is 5.15 Å². The highest BCUT2D eigenvalue weighted by molar-refractivity contribution is 6.30. The van der Waals surface area contributed by atoms with Crippen molar-refractivity contribution in [2.24, 2.45) is 5.92 Å². The van der Waals surface area contributed by atoms with E-state index in [1.165, 1.54) is 6.20 Å². The van der Waals surface area contributed by atoms with Gasteiger partial charge in [0, 0.05) is 30.8 Å². The summed E-state index contributed by atoms with van der Waals surface area (Å²) in [6, 6.07) is 0. The van der Waals surface area contributed by atoms with Crippen LogP contribution in [0.25, 0.3) is 0 Å². The number of morpholine rings is 1. The lowest BCUT2D eigenvalue weighted by atomic mass is 9.90. The Bertz CT molecular complexity index is 479. The van der Waals surface area contributed by atoms with E-state index >= 15 is 0 Å². The highest BCUT2D eigenvalue weighted by Crippen LogP contribution is 2.46. The summed E-state index contributed by atoms with van der Waals surface area (Å²) < 4.78 is 31.0. The van der Waals surface area contributed by atoms with Gasteiger partial charge in [-0.25, -0.2) is 18.7 Å². The fourth-order valence-corrected chi connectivity index (χ4v) is 3.00. The second kappa shape index (κ2) is 5.87. The van der Waals surface area contributed by atoms with Crippen LogP contribution >= 0.6 is 11.6 Å². The summed E-state index contributed by atoms with van der Waals surface area (Å²) in [7, 11) is 0. The average molecular weight is 304 g/mol. The molecule has 2 fully saturated rings. The van der Waals surface area contributed by atoms with Crippen LogP contribution in [-0.4, -0.2) is 35.8 Å². The first-order chi connectivity index (χ1) is 9.66. The third kappa shape index (κ3) is 2.92. The monoisotopic (exact) mass is 303 g/mol. The summed E-state index contributed by atoms with van der Waals surface area (Å²) in [5.74, 6) is 0.0522. The van der Waals surface area contributed by atoms with Crippen LogP contribution in [-0.2, 0) is 4.74 Å². The summed E-state index contributed by atoms with van der Waals surface area (Å²) in [6.45, 7) is 2.23. The molecule has 0 aromatic carbocycles. The van der Waals surface area contributed by atoms with Gasteiger partial charge in [0.1, 0.15) is 5.15 Å². The molecule has 20 heavy (non-hydrogen) atoms. The van der Waals surface area contributed by atoms with Gasteiger partial charge in [0.2, 0.25) is 0 Å². The fourth-order valence-electron chi connectivity index (χ4n) is 2.74. The van der Waals surface area contributed by atoms with Gasteiger partial charge in [-0.2, -0.15) is 0 Å². The van der Waals surface area contributed by atoms with E-state index in [4.69, 9.17) is 16.3 Å². The van der Waals surface area contributed by atoms with E-state index < -0.39 is 12.2 Å². The van der Waals surface area contributed by atoms with Crippen molar-refractivity contribution in [3.05, 3.63) is 22.7 Å². The number of halogens is 3. The van der Waals surface area contributed by atoms with Crippen LogP contribution in [0.15, 0.2) is 6.20 Å². The Morgan fingerprint density at radius 3 is 2.75 bits per heavy atom. The van der Waals surface area contributed by atoms with Crippen molar-refractivity contribution in [1.29, 1.82) is 0 Å². The van der Waals surface area contributed by atoms with Gasteiger partial charge >= 0.3 is 0 Å². The topological polar surface area (TPSA) is 47.0 Å². The number of aromatic nitrogens is 2. The molecule has 1 saturated carbocycles. The number of ether oxygens (including phenoxy) is 1. The molecule has 0 radical (unpaired) electrons. The van der Waals surface area contributed by atoms with Gasteiger partial charge in [-0.1, -0.05) is 11.6 Å². The Balaban J connectivity index is 1.87. The maximum Gasteiger partial charge on any atom is 0.297 e. The molecule has 1 saturated heterocycles. The van der Waals surface area contributed by atoms with Crippen molar-refractivity contribution in [2.45, 2.75) is 31.3 Å². The summed E-state index contributed by atoms with van der Waals surface area (Å²) in [4.78, 5) is 7.47. The summed E-state index contributed by atoms with van der Waals surface area (Å²) in [5, 5.41) is 3.41. The Morgan fingerprint density at radius 1 is 1.40 bits per heavy atom. The molecule has 0 spiro atoms. The van der Waals surface area contributed by atoms with Crippen LogP contribution in [0.1, 0.15) is 36.6 Å². The zero-order valence-electron chi connectivity index (χ0n) is 10.9. The third-order valence-electron chi connectivity index (χ3n) is 3.83. The Morgan fingerprint density at radius 2 is 2.20 bits per heavy atom. The van der Waals surface area contributed by atoms with Gasteiger partial charge < -0.3 is 10.1 Å². The summed E-state index contributed by atoms with van der Waals surface area (Å²) in [6.07, 6.45) is 0.968. The lowest BCUT2D eigenvalue weighted by Gasteiger charge is -2.31. The van der Waals surface area contributed by atoms with E-state index in [0.29, 0.717) is 12.5 Å². The molecule has 3 rings (SSSR count). The Labute approximate surface area is 120 Å². The molecular formula is C13H16ClF2N3O. The minimum atomic E-state index is -2.70. The first kappa shape index (κ1) is 14.1. The van der Waals surface area contributed by atoms with Crippen molar-refractivity contribution in [3.63, 3.8) is 0 Å². The molecular weight excluding hydrogens is 288 g/mol. The molecule has 1 aromatic heterocycles. The van der Waals surface area contributed by atoms with E-state index in [2.05, 4.69) is 15.3 Å². The lowest BCUT2D eigenvalue weighted by molar-refractivity contribution is 0.00623. The predicted octanol–water partition coefficient (Wildman–Crippen LogP) is 2.55. The molecule has 1 aliphatic carbocycles. The molecule has 4 nitrogen and oxygen atoms in total. The second-order valence-electron chi connectivity index (χ2n) is 5.25. The van der Waals surface area contributed by atoms with Crippen LogP contribution in [0.4, 0.5) is 8.78 Å². The largest absolute Gasteiger partial charge is 0.375 e.